The highest BCUT2D eigenvalue weighted by Crippen LogP contribution is 2.33. The van der Waals surface area contributed by atoms with Crippen molar-refractivity contribution in [2.24, 2.45) is 0 Å². The molecule has 36 heavy (non-hydrogen) atoms. The molecule has 4 heterocycles. The van der Waals surface area contributed by atoms with E-state index in [1.807, 2.05) is 40.6 Å². The Balaban J connectivity index is 1.34. The number of hydrogen-bond donors (Lipinski definition) is 0. The maximum atomic E-state index is 13.8. The van der Waals surface area contributed by atoms with Gasteiger partial charge < -0.3 is 24.2 Å². The summed E-state index contributed by atoms with van der Waals surface area (Å²) in [4.78, 5) is 34.9. The van der Waals surface area contributed by atoms with E-state index in [4.69, 9.17) is 9.47 Å². The fourth-order valence-electron chi connectivity index (χ4n) is 4.57. The molecule has 2 amide bonds. The quantitative estimate of drug-likeness (QED) is 0.387. The van der Waals surface area contributed by atoms with E-state index in [-0.39, 0.29) is 25.2 Å². The van der Waals surface area contributed by atoms with E-state index in [9.17, 15) is 9.59 Å². The summed E-state index contributed by atoms with van der Waals surface area (Å²) in [6.45, 7) is 6.72. The Morgan fingerprint density at radius 1 is 0.972 bits per heavy atom. The van der Waals surface area contributed by atoms with Crippen LogP contribution in [0.1, 0.15) is 38.5 Å². The lowest BCUT2D eigenvalue weighted by molar-refractivity contribution is -0.133. The van der Waals surface area contributed by atoms with Crippen molar-refractivity contribution in [3.8, 4) is 11.5 Å². The van der Waals surface area contributed by atoms with Crippen LogP contribution < -0.4 is 9.47 Å². The zero-order chi connectivity index (χ0) is 24.9. The molecule has 0 atom stereocenters. The van der Waals surface area contributed by atoms with Crippen LogP contribution in [-0.2, 0) is 17.9 Å². The third kappa shape index (κ3) is 5.91. The number of fused-ring (bicyclic) bond motifs is 1. The molecular formula is C27H31N3O4S2. The van der Waals surface area contributed by atoms with Crippen LogP contribution in [0.2, 0.25) is 0 Å². The van der Waals surface area contributed by atoms with Crippen molar-refractivity contribution in [2.75, 3.05) is 39.5 Å². The SMILES string of the molecule is Cc1ccsc1CN(Cc1ccc2c(c1)OCO2)C(=O)CN(CCN1CCCC1)C(=O)c1cccs1. The maximum Gasteiger partial charge on any atom is 0.264 e. The molecule has 2 aromatic heterocycles. The number of likely N-dealkylation sites (tertiary alicyclic amines) is 1. The first-order valence-electron chi connectivity index (χ1n) is 12.3. The van der Waals surface area contributed by atoms with E-state index >= 15 is 0 Å². The molecular weight excluding hydrogens is 494 g/mol. The summed E-state index contributed by atoms with van der Waals surface area (Å²) in [5.74, 6) is 1.28. The van der Waals surface area contributed by atoms with Crippen LogP contribution in [0.3, 0.4) is 0 Å². The van der Waals surface area contributed by atoms with Crippen molar-refractivity contribution < 1.29 is 19.1 Å². The second-order valence-electron chi connectivity index (χ2n) is 9.22. The fourth-order valence-corrected chi connectivity index (χ4v) is 6.18. The molecule has 9 heteroatoms. The Morgan fingerprint density at radius 3 is 2.56 bits per heavy atom. The molecule has 1 fully saturated rings. The molecule has 1 saturated heterocycles. The van der Waals surface area contributed by atoms with Crippen molar-refractivity contribution in [3.05, 3.63) is 68.0 Å². The summed E-state index contributed by atoms with van der Waals surface area (Å²) in [7, 11) is 0. The Kier molecular flexibility index (Phi) is 7.89. The molecule has 0 unspecified atom stereocenters. The van der Waals surface area contributed by atoms with Gasteiger partial charge in [-0.25, -0.2) is 0 Å². The number of carbonyl (C=O) groups excluding carboxylic acids is 2. The van der Waals surface area contributed by atoms with Gasteiger partial charge in [0.15, 0.2) is 11.5 Å². The Morgan fingerprint density at radius 2 is 1.81 bits per heavy atom. The first-order chi connectivity index (χ1) is 17.6. The van der Waals surface area contributed by atoms with E-state index in [0.29, 0.717) is 30.3 Å². The van der Waals surface area contributed by atoms with E-state index in [2.05, 4.69) is 23.3 Å². The van der Waals surface area contributed by atoms with E-state index in [0.717, 1.165) is 35.8 Å². The van der Waals surface area contributed by atoms with Gasteiger partial charge in [0.25, 0.3) is 5.91 Å². The van der Waals surface area contributed by atoms with Gasteiger partial charge in [0, 0.05) is 24.5 Å². The normalized spacial score (nSPS) is 14.8. The maximum absolute atomic E-state index is 13.8. The summed E-state index contributed by atoms with van der Waals surface area (Å²) in [6.07, 6.45) is 2.39. The van der Waals surface area contributed by atoms with E-state index in [1.165, 1.54) is 29.7 Å². The minimum atomic E-state index is -0.0760. The Labute approximate surface area is 219 Å². The van der Waals surface area contributed by atoms with Gasteiger partial charge in [0.2, 0.25) is 12.7 Å². The standard InChI is InChI=1S/C27H31N3O4S2/c1-20-8-14-36-25(20)17-30(16-21-6-7-22-23(15-21)34-19-33-22)26(31)18-29(12-11-28-9-2-3-10-28)27(32)24-5-4-13-35-24/h4-8,13-15H,2-3,9-12,16-19H2,1H3. The number of carbonyl (C=O) groups is 2. The molecule has 1 aromatic carbocycles. The summed E-state index contributed by atoms with van der Waals surface area (Å²) < 4.78 is 11.0. The number of amides is 2. The lowest BCUT2D eigenvalue weighted by Gasteiger charge is -2.29. The van der Waals surface area contributed by atoms with Crippen LogP contribution in [-0.4, -0.2) is 66.0 Å². The predicted molar refractivity (Wildman–Crippen MR) is 142 cm³/mol. The number of nitrogens with zero attached hydrogens (tertiary/aromatic N) is 3. The third-order valence-electron chi connectivity index (χ3n) is 6.70. The van der Waals surface area contributed by atoms with Crippen molar-refractivity contribution >= 4 is 34.5 Å². The van der Waals surface area contributed by atoms with Gasteiger partial charge in [-0.1, -0.05) is 12.1 Å². The topological polar surface area (TPSA) is 62.3 Å². The van der Waals surface area contributed by atoms with Crippen LogP contribution >= 0.6 is 22.7 Å². The highest BCUT2D eigenvalue weighted by molar-refractivity contribution is 7.12. The molecule has 0 aliphatic carbocycles. The van der Waals surface area contributed by atoms with Crippen LogP contribution in [0.5, 0.6) is 11.5 Å². The highest BCUT2D eigenvalue weighted by Gasteiger charge is 2.25. The largest absolute Gasteiger partial charge is 0.454 e. The monoisotopic (exact) mass is 525 g/mol. The van der Waals surface area contributed by atoms with Gasteiger partial charge in [-0.05, 0) is 79.0 Å². The second kappa shape index (κ2) is 11.5. The van der Waals surface area contributed by atoms with Crippen molar-refractivity contribution in [2.45, 2.75) is 32.9 Å². The van der Waals surface area contributed by atoms with Gasteiger partial charge in [0.05, 0.1) is 11.4 Å². The van der Waals surface area contributed by atoms with Gasteiger partial charge in [-0.3, -0.25) is 9.59 Å². The van der Waals surface area contributed by atoms with Crippen LogP contribution in [0.15, 0.2) is 47.2 Å². The van der Waals surface area contributed by atoms with Crippen molar-refractivity contribution in [3.63, 3.8) is 0 Å². The number of ether oxygens (including phenoxy) is 2. The lowest BCUT2D eigenvalue weighted by Crippen LogP contribution is -2.45. The number of hydrogen-bond acceptors (Lipinski definition) is 7. The average Bonchev–Trinajstić information content (AvgIpc) is 3.69. The van der Waals surface area contributed by atoms with Gasteiger partial charge in [0.1, 0.15) is 6.54 Å². The minimum absolute atomic E-state index is 0.0551. The highest BCUT2D eigenvalue weighted by atomic mass is 32.1. The summed E-state index contributed by atoms with van der Waals surface area (Å²) in [5, 5.41) is 3.95. The molecule has 0 radical (unpaired) electrons. The second-order valence-corrected chi connectivity index (χ2v) is 11.2. The predicted octanol–water partition coefficient (Wildman–Crippen LogP) is 4.61. The summed E-state index contributed by atoms with van der Waals surface area (Å²) in [5.41, 5.74) is 2.14. The van der Waals surface area contributed by atoms with Crippen molar-refractivity contribution in [1.82, 2.24) is 14.7 Å². The first-order valence-corrected chi connectivity index (χ1v) is 14.1. The molecule has 2 aliphatic heterocycles. The number of aryl methyl sites for hydroxylation is 1. The van der Waals surface area contributed by atoms with Crippen molar-refractivity contribution in [1.29, 1.82) is 0 Å². The average molecular weight is 526 g/mol. The fraction of sp³-hybridized carbons (Fsp3) is 0.407. The minimum Gasteiger partial charge on any atom is -0.454 e. The zero-order valence-corrected chi connectivity index (χ0v) is 22.1. The van der Waals surface area contributed by atoms with Gasteiger partial charge in [-0.15, -0.1) is 22.7 Å². The number of benzene rings is 1. The van der Waals surface area contributed by atoms with Crippen LogP contribution in [0.25, 0.3) is 0 Å². The summed E-state index contributed by atoms with van der Waals surface area (Å²) in [6, 6.07) is 11.6. The molecule has 2 aliphatic rings. The zero-order valence-electron chi connectivity index (χ0n) is 20.5. The van der Waals surface area contributed by atoms with Gasteiger partial charge in [-0.2, -0.15) is 0 Å². The van der Waals surface area contributed by atoms with Crippen LogP contribution in [0.4, 0.5) is 0 Å². The summed E-state index contributed by atoms with van der Waals surface area (Å²) >= 11 is 3.07. The molecule has 190 valence electrons. The molecule has 0 spiro atoms. The number of thiophene rings is 2. The molecule has 3 aromatic rings. The third-order valence-corrected chi connectivity index (χ3v) is 8.56. The molecule has 0 saturated carbocycles. The Hall–Kier alpha value is -2.88. The smallest absolute Gasteiger partial charge is 0.264 e. The molecule has 5 rings (SSSR count). The van der Waals surface area contributed by atoms with E-state index < -0.39 is 0 Å². The van der Waals surface area contributed by atoms with E-state index in [1.54, 1.807) is 16.2 Å². The molecule has 0 bridgehead atoms. The molecule has 0 N–H and O–H groups in total. The Bertz CT molecular complexity index is 1190. The van der Waals surface area contributed by atoms with Crippen LogP contribution in [0, 0.1) is 6.92 Å². The lowest BCUT2D eigenvalue weighted by atomic mass is 10.1. The first kappa shape index (κ1) is 24.8. The van der Waals surface area contributed by atoms with Gasteiger partial charge >= 0.3 is 0 Å². The number of rotatable bonds is 10. The molecule has 7 nitrogen and oxygen atoms in total.